The molecule has 1 fully saturated rings. The minimum absolute atomic E-state index is 0.175. The molecule has 12 heteroatoms. The molecule has 0 saturated carbocycles. The van der Waals surface area contributed by atoms with E-state index in [1.54, 1.807) is 35.0 Å². The van der Waals surface area contributed by atoms with Crippen LogP contribution in [0, 0.1) is 0 Å². The molecule has 2 unspecified atom stereocenters. The number of carbonyl (C=O) groups excluding carboxylic acids is 1. The lowest BCUT2D eigenvalue weighted by atomic mass is 9.89. The summed E-state index contributed by atoms with van der Waals surface area (Å²) in [6.07, 6.45) is 3.35. The van der Waals surface area contributed by atoms with Gasteiger partial charge in [0, 0.05) is 47.4 Å². The molecule has 1 saturated heterocycles. The van der Waals surface area contributed by atoms with Gasteiger partial charge in [-0.15, -0.1) is 5.06 Å². The number of aromatic nitrogens is 2. The molecule has 4 rings (SSSR count). The van der Waals surface area contributed by atoms with Crippen LogP contribution in [0.5, 0.6) is 11.5 Å². The van der Waals surface area contributed by atoms with E-state index in [1.165, 1.54) is 17.5 Å². The number of benzene rings is 2. The molecule has 2 heterocycles. The predicted octanol–water partition coefficient (Wildman–Crippen LogP) is 4.29. The topological polar surface area (TPSA) is 126 Å². The Hall–Kier alpha value is -3.48. The van der Waals surface area contributed by atoms with Gasteiger partial charge in [0.05, 0.1) is 33.5 Å². The van der Waals surface area contributed by atoms with Crippen LogP contribution in [-0.4, -0.2) is 74.9 Å². The summed E-state index contributed by atoms with van der Waals surface area (Å²) in [5.41, 5.74) is 0.804. The molecule has 2 aromatic carbocycles. The van der Waals surface area contributed by atoms with Gasteiger partial charge in [0.25, 0.3) is 0 Å². The third-order valence-electron chi connectivity index (χ3n) is 6.43. The Morgan fingerprint density at radius 1 is 1.07 bits per heavy atom. The Morgan fingerprint density at radius 3 is 2.35 bits per heavy atom. The van der Waals surface area contributed by atoms with Crippen LogP contribution in [-0.2, 0) is 30.8 Å². The molecular weight excluding hydrogens is 538 g/mol. The number of hydroxylamine groups is 2. The van der Waals surface area contributed by atoms with Crippen molar-refractivity contribution in [3.05, 3.63) is 53.9 Å². The second-order valence-electron chi connectivity index (χ2n) is 10.6. The molecule has 2 atom stereocenters. The normalized spacial score (nSPS) is 18.4. The maximum absolute atomic E-state index is 12.3. The Kier molecular flexibility index (Phi) is 8.81. The lowest BCUT2D eigenvalue weighted by Gasteiger charge is -2.37. The molecule has 0 amide bonds. The summed E-state index contributed by atoms with van der Waals surface area (Å²) < 4.78 is 46.9. The van der Waals surface area contributed by atoms with Crippen molar-refractivity contribution in [3.8, 4) is 11.5 Å². The fourth-order valence-electron chi connectivity index (χ4n) is 4.69. The second-order valence-corrected chi connectivity index (χ2v) is 12.5. The first-order valence-corrected chi connectivity index (χ1v) is 14.7. The zero-order chi connectivity index (χ0) is 29.1. The summed E-state index contributed by atoms with van der Waals surface area (Å²) in [6.45, 7) is 6.11. The van der Waals surface area contributed by atoms with Crippen LogP contribution in [0.1, 0.15) is 44.2 Å². The highest BCUT2D eigenvalue weighted by atomic mass is 32.2. The highest BCUT2D eigenvalue weighted by Crippen LogP contribution is 2.38. The smallest absolute Gasteiger partial charge is 0.496 e. The highest BCUT2D eigenvalue weighted by Gasteiger charge is 2.35. The minimum atomic E-state index is -3.54. The zero-order valence-electron chi connectivity index (χ0n) is 23.5. The van der Waals surface area contributed by atoms with E-state index in [0.29, 0.717) is 24.5 Å². The summed E-state index contributed by atoms with van der Waals surface area (Å²) in [5, 5.41) is 3.08. The number of fused-ring (bicyclic) bond motifs is 1. The van der Waals surface area contributed by atoms with Gasteiger partial charge in [-0.25, -0.2) is 23.2 Å². The third kappa shape index (κ3) is 6.98. The first-order valence-electron chi connectivity index (χ1n) is 12.8. The third-order valence-corrected chi connectivity index (χ3v) is 7.31. The zero-order valence-corrected chi connectivity index (χ0v) is 24.4. The largest absolute Gasteiger partial charge is 0.528 e. The summed E-state index contributed by atoms with van der Waals surface area (Å²) in [4.78, 5) is 25.9. The summed E-state index contributed by atoms with van der Waals surface area (Å²) >= 11 is 0. The van der Waals surface area contributed by atoms with Gasteiger partial charge >= 0.3 is 6.16 Å². The number of sulfone groups is 1. The number of hydrogen-bond donors (Lipinski definition) is 0. The van der Waals surface area contributed by atoms with Gasteiger partial charge in [-0.2, -0.15) is 0 Å². The molecule has 0 aliphatic carbocycles. The van der Waals surface area contributed by atoms with Gasteiger partial charge < -0.3 is 23.8 Å². The van der Waals surface area contributed by atoms with Gasteiger partial charge in [0.1, 0.15) is 17.1 Å². The summed E-state index contributed by atoms with van der Waals surface area (Å²) in [6, 6.07) is 9.67. The fraction of sp³-hybridized carbons (Fsp3) is 0.464. The van der Waals surface area contributed by atoms with Crippen molar-refractivity contribution in [1.82, 2.24) is 15.0 Å². The quantitative estimate of drug-likeness (QED) is 0.283. The van der Waals surface area contributed by atoms with E-state index in [-0.39, 0.29) is 24.2 Å². The van der Waals surface area contributed by atoms with Gasteiger partial charge in [-0.05, 0) is 38.8 Å². The Balaban J connectivity index is 1.61. The van der Waals surface area contributed by atoms with Gasteiger partial charge in [-0.1, -0.05) is 24.3 Å². The Bertz CT molecular complexity index is 1450. The van der Waals surface area contributed by atoms with Gasteiger partial charge in [-0.3, -0.25) is 0 Å². The van der Waals surface area contributed by atoms with E-state index in [2.05, 4.69) is 9.97 Å². The molecule has 0 N–H and O–H groups in total. The summed E-state index contributed by atoms with van der Waals surface area (Å²) in [7, 11) is -0.316. The molecule has 1 aliphatic heterocycles. The SMILES string of the molecule is COc1cc(COC2CN(OC(=O)OC(C)(C)C)CCC2c2cnc(S(C)(=O)=O)nc2)c(OC)c2ccccc12. The van der Waals surface area contributed by atoms with Crippen molar-refractivity contribution >= 4 is 26.8 Å². The van der Waals surface area contributed by atoms with E-state index in [4.69, 9.17) is 23.8 Å². The molecule has 0 spiro atoms. The van der Waals surface area contributed by atoms with Crippen LogP contribution in [0.25, 0.3) is 10.8 Å². The fourth-order valence-corrected chi connectivity index (χ4v) is 5.18. The van der Waals surface area contributed by atoms with Crippen LogP contribution in [0.2, 0.25) is 0 Å². The number of piperidine rings is 1. The number of methoxy groups -OCH3 is 2. The Labute approximate surface area is 234 Å². The second kappa shape index (κ2) is 11.9. The standard InChI is InChI=1S/C28H35N3O8S/c1-28(2,3)38-27(32)39-31-12-11-20(19-14-29-26(30-15-19)40(6,33)34)24(16-31)37-17-18-13-23(35-4)21-9-7-8-10-22(21)25(18)36-5/h7-10,13-15,20,24H,11-12,16-17H2,1-6H3. The summed E-state index contributed by atoms with van der Waals surface area (Å²) in [5.74, 6) is 1.17. The molecule has 3 aromatic rings. The van der Waals surface area contributed by atoms with Crippen molar-refractivity contribution in [2.24, 2.45) is 0 Å². The van der Waals surface area contributed by atoms with Crippen molar-refractivity contribution < 1.29 is 37.0 Å². The monoisotopic (exact) mass is 573 g/mol. The van der Waals surface area contributed by atoms with E-state index >= 15 is 0 Å². The van der Waals surface area contributed by atoms with Crippen molar-refractivity contribution in [2.75, 3.05) is 33.6 Å². The maximum atomic E-state index is 12.3. The molecule has 0 bridgehead atoms. The minimum Gasteiger partial charge on any atom is -0.496 e. The number of nitrogens with zero attached hydrogens (tertiary/aromatic N) is 3. The highest BCUT2D eigenvalue weighted by molar-refractivity contribution is 7.90. The number of hydrogen-bond acceptors (Lipinski definition) is 11. The van der Waals surface area contributed by atoms with E-state index in [0.717, 1.165) is 28.2 Å². The van der Waals surface area contributed by atoms with Gasteiger partial charge in [0.15, 0.2) is 0 Å². The van der Waals surface area contributed by atoms with Crippen molar-refractivity contribution in [3.63, 3.8) is 0 Å². The number of ether oxygens (including phenoxy) is 4. The van der Waals surface area contributed by atoms with Crippen LogP contribution in [0.4, 0.5) is 4.79 Å². The number of carbonyl (C=O) groups is 1. The van der Waals surface area contributed by atoms with E-state index in [1.807, 2.05) is 30.3 Å². The van der Waals surface area contributed by atoms with E-state index < -0.39 is 27.7 Å². The molecule has 1 aromatic heterocycles. The average molecular weight is 574 g/mol. The maximum Gasteiger partial charge on any atom is 0.528 e. The van der Waals surface area contributed by atoms with Crippen molar-refractivity contribution in [2.45, 2.75) is 56.6 Å². The van der Waals surface area contributed by atoms with Crippen LogP contribution < -0.4 is 9.47 Å². The average Bonchev–Trinajstić information content (AvgIpc) is 2.89. The van der Waals surface area contributed by atoms with E-state index in [9.17, 15) is 13.2 Å². The number of rotatable bonds is 8. The van der Waals surface area contributed by atoms with Crippen LogP contribution >= 0.6 is 0 Å². The van der Waals surface area contributed by atoms with Crippen molar-refractivity contribution in [1.29, 1.82) is 0 Å². The van der Waals surface area contributed by atoms with Gasteiger partial charge in [0.2, 0.25) is 15.0 Å². The molecule has 40 heavy (non-hydrogen) atoms. The lowest BCUT2D eigenvalue weighted by Crippen LogP contribution is -2.45. The van der Waals surface area contributed by atoms with Crippen LogP contribution in [0.3, 0.4) is 0 Å². The molecular formula is C28H35N3O8S. The molecule has 1 aliphatic rings. The molecule has 0 radical (unpaired) electrons. The predicted molar refractivity (Wildman–Crippen MR) is 147 cm³/mol. The lowest BCUT2D eigenvalue weighted by molar-refractivity contribution is -0.179. The van der Waals surface area contributed by atoms with Crippen LogP contribution in [0.15, 0.2) is 47.9 Å². The molecule has 216 valence electrons. The molecule has 11 nitrogen and oxygen atoms in total. The first kappa shape index (κ1) is 29.5. The Morgan fingerprint density at radius 2 is 1.75 bits per heavy atom. The first-order chi connectivity index (χ1) is 18.9.